The summed E-state index contributed by atoms with van der Waals surface area (Å²) in [6.07, 6.45) is 0. The molecule has 21 heavy (non-hydrogen) atoms. The van der Waals surface area contributed by atoms with Crippen molar-refractivity contribution in [1.82, 2.24) is 9.55 Å². The molecule has 108 valence electrons. The molecule has 3 aromatic rings. The van der Waals surface area contributed by atoms with Gasteiger partial charge < -0.3 is 9.72 Å². The number of para-hydroxylation sites is 1. The molecule has 3 nitrogen and oxygen atoms in total. The molecule has 6 heteroatoms. The van der Waals surface area contributed by atoms with Crippen LogP contribution in [0.15, 0.2) is 40.9 Å². The van der Waals surface area contributed by atoms with Crippen LogP contribution in [0.1, 0.15) is 6.92 Å². The first-order valence-corrected chi connectivity index (χ1v) is 8.01. The van der Waals surface area contributed by atoms with Gasteiger partial charge in [-0.05, 0) is 49.5 Å². The molecule has 1 heterocycles. The zero-order valence-electron chi connectivity index (χ0n) is 11.2. The Bertz CT molecular complexity index is 872. The van der Waals surface area contributed by atoms with E-state index in [-0.39, 0.29) is 0 Å². The summed E-state index contributed by atoms with van der Waals surface area (Å²) in [4.78, 5) is 3.20. The molecule has 0 fully saturated rings. The van der Waals surface area contributed by atoms with Crippen molar-refractivity contribution in [3.05, 3.63) is 50.7 Å². The number of halogens is 2. The van der Waals surface area contributed by atoms with Crippen molar-refractivity contribution in [3.63, 3.8) is 0 Å². The van der Waals surface area contributed by atoms with Crippen LogP contribution in [0.5, 0.6) is 5.75 Å². The van der Waals surface area contributed by atoms with Crippen LogP contribution in [0.3, 0.4) is 0 Å². The van der Waals surface area contributed by atoms with Crippen molar-refractivity contribution in [1.29, 1.82) is 0 Å². The highest BCUT2D eigenvalue weighted by Crippen LogP contribution is 2.31. The van der Waals surface area contributed by atoms with Gasteiger partial charge in [0.05, 0.1) is 22.8 Å². The molecule has 0 aliphatic heterocycles. The molecule has 0 radical (unpaired) electrons. The van der Waals surface area contributed by atoms with E-state index in [1.165, 1.54) is 0 Å². The Balaban J connectivity index is 2.30. The number of aromatic nitrogens is 2. The Morgan fingerprint density at radius 1 is 1.33 bits per heavy atom. The van der Waals surface area contributed by atoms with Crippen LogP contribution in [0, 0.1) is 4.77 Å². The molecule has 0 aliphatic rings. The van der Waals surface area contributed by atoms with E-state index in [4.69, 9.17) is 28.6 Å². The molecule has 0 amide bonds. The van der Waals surface area contributed by atoms with Gasteiger partial charge >= 0.3 is 0 Å². The number of ether oxygens (including phenoxy) is 1. The van der Waals surface area contributed by atoms with E-state index >= 15 is 0 Å². The smallest absolute Gasteiger partial charge is 0.182 e. The Kier molecular flexibility index (Phi) is 4.06. The van der Waals surface area contributed by atoms with Crippen LogP contribution in [0.25, 0.3) is 16.7 Å². The third-order valence-corrected chi connectivity index (χ3v) is 4.21. The molecule has 1 N–H and O–H groups in total. The summed E-state index contributed by atoms with van der Waals surface area (Å²) in [6.45, 7) is 2.56. The van der Waals surface area contributed by atoms with Gasteiger partial charge in [-0.25, -0.2) is 0 Å². The molecule has 0 saturated heterocycles. The highest BCUT2D eigenvalue weighted by molar-refractivity contribution is 9.10. The van der Waals surface area contributed by atoms with E-state index in [9.17, 15) is 0 Å². The molecular formula is C15H12BrClN2OS. The number of imidazole rings is 1. The Labute approximate surface area is 140 Å². The fraction of sp³-hybridized carbons (Fsp3) is 0.133. The first-order chi connectivity index (χ1) is 10.1. The Hall–Kier alpha value is -1.30. The maximum atomic E-state index is 6.35. The summed E-state index contributed by atoms with van der Waals surface area (Å²) in [5.41, 5.74) is 2.66. The molecular weight excluding hydrogens is 372 g/mol. The minimum atomic E-state index is 0.585. The number of hydrogen-bond donors (Lipinski definition) is 1. The monoisotopic (exact) mass is 382 g/mol. The number of nitrogens with zero attached hydrogens (tertiary/aromatic N) is 1. The number of nitrogens with one attached hydrogen (secondary N) is 1. The third-order valence-electron chi connectivity index (χ3n) is 3.13. The zero-order chi connectivity index (χ0) is 15.0. The molecule has 0 aliphatic carbocycles. The highest BCUT2D eigenvalue weighted by Gasteiger charge is 2.12. The summed E-state index contributed by atoms with van der Waals surface area (Å²) in [7, 11) is 0. The summed E-state index contributed by atoms with van der Waals surface area (Å²) in [5, 5.41) is 0.628. The van der Waals surface area contributed by atoms with Crippen molar-refractivity contribution in [2.75, 3.05) is 6.61 Å². The molecule has 0 saturated carbocycles. The number of hydrogen-bond acceptors (Lipinski definition) is 2. The quantitative estimate of drug-likeness (QED) is 0.605. The fourth-order valence-electron chi connectivity index (χ4n) is 2.28. The fourth-order valence-corrected chi connectivity index (χ4v) is 3.34. The second-order valence-corrected chi connectivity index (χ2v) is 6.15. The highest BCUT2D eigenvalue weighted by atomic mass is 79.9. The normalized spacial score (nSPS) is 11.0. The van der Waals surface area contributed by atoms with Gasteiger partial charge in [-0.3, -0.25) is 4.57 Å². The summed E-state index contributed by atoms with van der Waals surface area (Å²) in [5.74, 6) is 0.785. The van der Waals surface area contributed by atoms with E-state index in [1.807, 2.05) is 47.9 Å². The standard InChI is InChI=1S/C15H12BrClN2OS/c1-2-20-13-5-3-4-12-14(13)18-15(21)19(12)11-7-6-9(16)8-10(11)17/h3-8H,2H2,1H3,(H,18,21). The van der Waals surface area contributed by atoms with Crippen LogP contribution in [0.2, 0.25) is 5.02 Å². The molecule has 3 rings (SSSR count). The molecule has 0 atom stereocenters. The van der Waals surface area contributed by atoms with Gasteiger partial charge in [0.2, 0.25) is 0 Å². The summed E-state index contributed by atoms with van der Waals surface area (Å²) < 4.78 is 9.07. The van der Waals surface area contributed by atoms with Crippen LogP contribution in [-0.4, -0.2) is 16.2 Å². The lowest BCUT2D eigenvalue weighted by molar-refractivity contribution is 0.343. The molecule has 0 bridgehead atoms. The topological polar surface area (TPSA) is 29.9 Å². The lowest BCUT2D eigenvalue weighted by Gasteiger charge is -2.08. The second kappa shape index (κ2) is 5.83. The maximum Gasteiger partial charge on any atom is 0.182 e. The van der Waals surface area contributed by atoms with Crippen molar-refractivity contribution in [2.45, 2.75) is 6.92 Å². The van der Waals surface area contributed by atoms with Gasteiger partial charge in [-0.1, -0.05) is 33.6 Å². The van der Waals surface area contributed by atoms with Gasteiger partial charge in [0, 0.05) is 4.47 Å². The number of aromatic amines is 1. The van der Waals surface area contributed by atoms with Crippen LogP contribution >= 0.6 is 39.7 Å². The predicted octanol–water partition coefficient (Wildman–Crippen LogP) is 5.50. The van der Waals surface area contributed by atoms with E-state index in [2.05, 4.69) is 20.9 Å². The lowest BCUT2D eigenvalue weighted by Crippen LogP contribution is -1.95. The van der Waals surface area contributed by atoms with Gasteiger partial charge in [0.15, 0.2) is 4.77 Å². The predicted molar refractivity (Wildman–Crippen MR) is 92.3 cm³/mol. The third kappa shape index (κ3) is 2.61. The van der Waals surface area contributed by atoms with Crippen molar-refractivity contribution >= 4 is 50.8 Å². The van der Waals surface area contributed by atoms with Gasteiger partial charge in [-0.2, -0.15) is 0 Å². The number of benzene rings is 2. The Morgan fingerprint density at radius 3 is 2.86 bits per heavy atom. The molecule has 2 aromatic carbocycles. The summed E-state index contributed by atoms with van der Waals surface area (Å²) >= 11 is 15.2. The zero-order valence-corrected chi connectivity index (χ0v) is 14.3. The van der Waals surface area contributed by atoms with E-state index in [1.54, 1.807) is 0 Å². The second-order valence-electron chi connectivity index (χ2n) is 4.44. The molecule has 1 aromatic heterocycles. The molecule has 0 spiro atoms. The van der Waals surface area contributed by atoms with Gasteiger partial charge in [0.25, 0.3) is 0 Å². The van der Waals surface area contributed by atoms with Gasteiger partial charge in [0.1, 0.15) is 11.3 Å². The number of fused-ring (bicyclic) bond motifs is 1. The largest absolute Gasteiger partial charge is 0.492 e. The van der Waals surface area contributed by atoms with Gasteiger partial charge in [-0.15, -0.1) is 0 Å². The molecule has 0 unspecified atom stereocenters. The maximum absolute atomic E-state index is 6.35. The van der Waals surface area contributed by atoms with Crippen LogP contribution < -0.4 is 4.74 Å². The number of H-pyrrole nitrogens is 1. The SMILES string of the molecule is CCOc1cccc2c1[nH]c(=S)n2-c1ccc(Br)cc1Cl. The first kappa shape index (κ1) is 14.6. The van der Waals surface area contributed by atoms with Crippen molar-refractivity contribution < 1.29 is 4.74 Å². The summed E-state index contributed by atoms with van der Waals surface area (Å²) in [6, 6.07) is 11.6. The average molecular weight is 384 g/mol. The minimum Gasteiger partial charge on any atom is -0.492 e. The van der Waals surface area contributed by atoms with E-state index < -0.39 is 0 Å². The van der Waals surface area contributed by atoms with Crippen molar-refractivity contribution in [2.24, 2.45) is 0 Å². The van der Waals surface area contributed by atoms with Crippen LogP contribution in [-0.2, 0) is 0 Å². The first-order valence-electron chi connectivity index (χ1n) is 6.43. The minimum absolute atomic E-state index is 0.585. The average Bonchev–Trinajstić information content (AvgIpc) is 2.77. The van der Waals surface area contributed by atoms with Crippen molar-refractivity contribution in [3.8, 4) is 11.4 Å². The van der Waals surface area contributed by atoms with E-state index in [0.717, 1.165) is 26.9 Å². The lowest BCUT2D eigenvalue weighted by atomic mass is 10.2. The Morgan fingerprint density at radius 2 is 2.14 bits per heavy atom. The number of rotatable bonds is 3. The van der Waals surface area contributed by atoms with E-state index in [0.29, 0.717) is 16.4 Å². The van der Waals surface area contributed by atoms with Crippen LogP contribution in [0.4, 0.5) is 0 Å².